The Morgan fingerprint density at radius 3 is 2.47 bits per heavy atom. The first-order valence-electron chi connectivity index (χ1n) is 10.7. The maximum absolute atomic E-state index is 11.6. The Balaban J connectivity index is 2.00. The summed E-state index contributed by atoms with van der Waals surface area (Å²) in [6.07, 6.45) is 5.94. The van der Waals surface area contributed by atoms with Gasteiger partial charge in [-0.25, -0.2) is 4.98 Å². The Bertz CT molecular complexity index is 884. The summed E-state index contributed by atoms with van der Waals surface area (Å²) in [7, 11) is 0. The van der Waals surface area contributed by atoms with Gasteiger partial charge in [0.1, 0.15) is 0 Å². The minimum absolute atomic E-state index is 0.0162. The molecule has 1 N–H and O–H groups in total. The molecule has 1 aliphatic rings. The second kappa shape index (κ2) is 9.38. The number of piperidine rings is 1. The lowest BCUT2D eigenvalue weighted by Crippen LogP contribution is -2.38. The summed E-state index contributed by atoms with van der Waals surface area (Å²) < 4.78 is 0. The molecule has 0 radical (unpaired) electrons. The van der Waals surface area contributed by atoms with Crippen LogP contribution in [0, 0.1) is 18.3 Å². The molecule has 0 bridgehead atoms. The van der Waals surface area contributed by atoms with E-state index in [0.29, 0.717) is 11.3 Å². The summed E-state index contributed by atoms with van der Waals surface area (Å²) in [5, 5.41) is 10.6. The number of aryl methyl sites for hydroxylation is 1. The van der Waals surface area contributed by atoms with Crippen LogP contribution in [0.3, 0.4) is 0 Å². The lowest BCUT2D eigenvalue weighted by molar-refractivity contribution is -0.136. The largest absolute Gasteiger partial charge is 0.481 e. The molecular weight excluding hydrogens is 394 g/mol. The van der Waals surface area contributed by atoms with Crippen molar-refractivity contribution >= 4 is 23.4 Å². The minimum Gasteiger partial charge on any atom is -0.481 e. The number of rotatable bonds is 7. The molecule has 0 atom stereocenters. The second-order valence-electron chi connectivity index (χ2n) is 9.40. The van der Waals surface area contributed by atoms with Crippen molar-refractivity contribution in [2.75, 3.05) is 23.7 Å². The van der Waals surface area contributed by atoms with E-state index in [9.17, 15) is 9.90 Å². The van der Waals surface area contributed by atoms with Crippen molar-refractivity contribution < 1.29 is 9.90 Å². The smallest absolute Gasteiger partial charge is 0.307 e. The summed E-state index contributed by atoms with van der Waals surface area (Å²) in [6, 6.07) is 4.14. The number of aromatic nitrogens is 2. The van der Waals surface area contributed by atoms with Gasteiger partial charge >= 0.3 is 5.97 Å². The molecule has 0 spiro atoms. The maximum Gasteiger partial charge on any atom is 0.307 e. The van der Waals surface area contributed by atoms with Gasteiger partial charge in [-0.15, -0.1) is 11.8 Å². The van der Waals surface area contributed by atoms with E-state index < -0.39 is 5.97 Å². The summed E-state index contributed by atoms with van der Waals surface area (Å²) in [4.78, 5) is 23.2. The summed E-state index contributed by atoms with van der Waals surface area (Å²) >= 11 is 1.76. The molecule has 1 fully saturated rings. The molecule has 0 aliphatic carbocycles. The van der Waals surface area contributed by atoms with Crippen LogP contribution in [-0.2, 0) is 11.2 Å². The minimum atomic E-state index is -0.825. The van der Waals surface area contributed by atoms with E-state index >= 15 is 0 Å². The Hall–Kier alpha value is -2.08. The molecule has 0 aromatic carbocycles. The number of carboxylic acid groups (broad SMARTS) is 1. The van der Waals surface area contributed by atoms with Crippen LogP contribution < -0.4 is 4.90 Å². The third-order valence-corrected chi connectivity index (χ3v) is 7.11. The first kappa shape index (κ1) is 22.6. The van der Waals surface area contributed by atoms with Crippen molar-refractivity contribution in [3.05, 3.63) is 35.8 Å². The molecule has 30 heavy (non-hydrogen) atoms. The Morgan fingerprint density at radius 2 is 1.90 bits per heavy atom. The van der Waals surface area contributed by atoms with Crippen LogP contribution in [0.25, 0.3) is 11.1 Å². The quantitative estimate of drug-likeness (QED) is 0.592. The lowest BCUT2D eigenvalue weighted by atomic mass is 9.82. The van der Waals surface area contributed by atoms with Crippen LogP contribution in [0.1, 0.15) is 51.8 Å². The fourth-order valence-electron chi connectivity index (χ4n) is 3.78. The molecule has 5 nitrogen and oxygen atoms in total. The van der Waals surface area contributed by atoms with E-state index in [-0.39, 0.29) is 6.42 Å². The van der Waals surface area contributed by atoms with E-state index in [1.54, 1.807) is 11.8 Å². The molecule has 0 unspecified atom stereocenters. The predicted molar refractivity (Wildman–Crippen MR) is 124 cm³/mol. The summed E-state index contributed by atoms with van der Waals surface area (Å²) in [5.74, 6) is 0.830. The number of carboxylic acids is 1. The number of hydrogen-bond donors (Lipinski definition) is 1. The number of aliphatic carboxylic acids is 1. The van der Waals surface area contributed by atoms with Gasteiger partial charge in [-0.2, -0.15) is 0 Å². The summed E-state index contributed by atoms with van der Waals surface area (Å²) in [5.41, 5.74) is 4.91. The van der Waals surface area contributed by atoms with Crippen LogP contribution in [0.2, 0.25) is 0 Å². The van der Waals surface area contributed by atoms with Gasteiger partial charge in [0.2, 0.25) is 0 Å². The van der Waals surface area contributed by atoms with Gasteiger partial charge in [-0.05, 0) is 37.2 Å². The molecule has 3 rings (SSSR count). The Morgan fingerprint density at radius 1 is 1.20 bits per heavy atom. The van der Waals surface area contributed by atoms with Gasteiger partial charge < -0.3 is 10.0 Å². The number of thioether (sulfide) groups is 1. The molecule has 1 aliphatic heterocycles. The topological polar surface area (TPSA) is 66.3 Å². The standard InChI is InChI=1S/C24H33N3O2S/c1-16(2)15-30-21-7-6-18(13-26-21)20-14-25-17(3)19(12-22(28)29)23(20)27-10-8-24(4,5)9-11-27/h6-7,13-14,16H,8-12,15H2,1-5H3,(H,28,29). The third kappa shape index (κ3) is 5.54. The van der Waals surface area contributed by atoms with Gasteiger partial charge in [0.25, 0.3) is 0 Å². The van der Waals surface area contributed by atoms with Crippen molar-refractivity contribution in [3.63, 3.8) is 0 Å². The monoisotopic (exact) mass is 427 g/mol. The van der Waals surface area contributed by atoms with Gasteiger partial charge in [-0.3, -0.25) is 9.78 Å². The van der Waals surface area contributed by atoms with Gasteiger partial charge in [-0.1, -0.05) is 33.8 Å². The van der Waals surface area contributed by atoms with Gasteiger partial charge in [0, 0.05) is 53.6 Å². The SMILES string of the molecule is Cc1ncc(-c2ccc(SCC(C)C)nc2)c(N2CCC(C)(C)CC2)c1CC(=O)O. The average molecular weight is 428 g/mol. The Kier molecular flexibility index (Phi) is 7.06. The van der Waals surface area contributed by atoms with Crippen molar-refractivity contribution in [1.82, 2.24) is 9.97 Å². The van der Waals surface area contributed by atoms with E-state index in [2.05, 4.69) is 54.7 Å². The fraction of sp³-hybridized carbons (Fsp3) is 0.542. The molecule has 3 heterocycles. The molecule has 0 saturated carbocycles. The molecule has 162 valence electrons. The van der Waals surface area contributed by atoms with Crippen LogP contribution in [0.15, 0.2) is 29.6 Å². The van der Waals surface area contributed by atoms with Crippen LogP contribution in [0.4, 0.5) is 5.69 Å². The van der Waals surface area contributed by atoms with Crippen LogP contribution in [0.5, 0.6) is 0 Å². The third-order valence-electron chi connectivity index (χ3n) is 5.74. The van der Waals surface area contributed by atoms with Crippen molar-refractivity contribution in [2.45, 2.75) is 58.9 Å². The number of nitrogens with zero attached hydrogens (tertiary/aromatic N) is 3. The van der Waals surface area contributed by atoms with Crippen molar-refractivity contribution in [2.24, 2.45) is 11.3 Å². The molecule has 2 aromatic heterocycles. The zero-order valence-electron chi connectivity index (χ0n) is 18.7. The molecule has 1 saturated heterocycles. The highest BCUT2D eigenvalue weighted by Gasteiger charge is 2.29. The zero-order chi connectivity index (χ0) is 21.9. The van der Waals surface area contributed by atoms with E-state index in [1.165, 1.54) is 0 Å². The zero-order valence-corrected chi connectivity index (χ0v) is 19.6. The number of carbonyl (C=O) groups is 1. The molecule has 6 heteroatoms. The number of hydrogen-bond acceptors (Lipinski definition) is 5. The Labute approximate surface area is 184 Å². The molecule has 2 aromatic rings. The van der Waals surface area contributed by atoms with Crippen molar-refractivity contribution in [3.8, 4) is 11.1 Å². The predicted octanol–water partition coefficient (Wildman–Crippen LogP) is 5.45. The van der Waals surface area contributed by atoms with Crippen molar-refractivity contribution in [1.29, 1.82) is 0 Å². The highest BCUT2D eigenvalue weighted by Crippen LogP contribution is 2.39. The van der Waals surface area contributed by atoms with Crippen LogP contribution >= 0.6 is 11.8 Å². The van der Waals surface area contributed by atoms with Gasteiger partial charge in [0.15, 0.2) is 0 Å². The first-order chi connectivity index (χ1) is 14.2. The molecule has 0 amide bonds. The number of pyridine rings is 2. The highest BCUT2D eigenvalue weighted by atomic mass is 32.2. The van der Waals surface area contributed by atoms with E-state index in [0.717, 1.165) is 64.8 Å². The number of anilines is 1. The highest BCUT2D eigenvalue weighted by molar-refractivity contribution is 7.99. The first-order valence-corrected chi connectivity index (χ1v) is 11.7. The van der Waals surface area contributed by atoms with Gasteiger partial charge in [0.05, 0.1) is 17.1 Å². The van der Waals surface area contributed by atoms with E-state index in [4.69, 9.17) is 0 Å². The normalized spacial score (nSPS) is 16.1. The summed E-state index contributed by atoms with van der Waals surface area (Å²) in [6.45, 7) is 12.8. The second-order valence-corrected chi connectivity index (χ2v) is 10.4. The van der Waals surface area contributed by atoms with Crippen LogP contribution in [-0.4, -0.2) is 39.9 Å². The fourth-order valence-corrected chi connectivity index (χ4v) is 4.58. The average Bonchev–Trinajstić information content (AvgIpc) is 2.68. The van der Waals surface area contributed by atoms with E-state index in [1.807, 2.05) is 19.3 Å². The molecular formula is C24H33N3O2S. The lowest BCUT2D eigenvalue weighted by Gasteiger charge is -2.40. The maximum atomic E-state index is 11.6.